The SMILES string of the molecule is CCNC(c1c(OC)cnn1CCN(C)C)C1CC1(C)C. The van der Waals surface area contributed by atoms with Crippen molar-refractivity contribution < 1.29 is 4.74 Å². The lowest BCUT2D eigenvalue weighted by atomic mass is 10.0. The molecule has 120 valence electrons. The van der Waals surface area contributed by atoms with Gasteiger partial charge in [-0.1, -0.05) is 20.8 Å². The molecule has 0 bridgehead atoms. The van der Waals surface area contributed by atoms with Gasteiger partial charge in [-0.05, 0) is 38.4 Å². The minimum Gasteiger partial charge on any atom is -0.493 e. The fourth-order valence-electron chi connectivity index (χ4n) is 3.05. The van der Waals surface area contributed by atoms with Crippen molar-refractivity contribution in [1.29, 1.82) is 0 Å². The van der Waals surface area contributed by atoms with Crippen molar-refractivity contribution in [2.24, 2.45) is 11.3 Å². The Balaban J connectivity index is 2.27. The maximum absolute atomic E-state index is 5.57. The second-order valence-corrected chi connectivity index (χ2v) is 6.96. The van der Waals surface area contributed by atoms with Gasteiger partial charge in [0.05, 0.1) is 31.6 Å². The van der Waals surface area contributed by atoms with Crippen LogP contribution in [0, 0.1) is 11.3 Å². The zero-order valence-corrected chi connectivity index (χ0v) is 14.3. The number of nitrogens with zero attached hydrogens (tertiary/aromatic N) is 3. The monoisotopic (exact) mass is 294 g/mol. The standard InChI is InChI=1S/C16H30N4O/c1-7-17-14(12-10-16(12,2)3)15-13(21-6)11-18-20(15)9-8-19(4)5/h11-12,14,17H,7-10H2,1-6H3. The third-order valence-electron chi connectivity index (χ3n) is 4.53. The van der Waals surface area contributed by atoms with Gasteiger partial charge in [-0.3, -0.25) is 4.68 Å². The van der Waals surface area contributed by atoms with Crippen LogP contribution in [0.3, 0.4) is 0 Å². The Bertz CT molecular complexity index is 467. The average molecular weight is 294 g/mol. The highest BCUT2D eigenvalue weighted by Crippen LogP contribution is 2.58. The number of likely N-dealkylation sites (N-methyl/N-ethyl adjacent to an activating group) is 1. The molecule has 0 spiro atoms. The van der Waals surface area contributed by atoms with Crippen molar-refractivity contribution in [3.05, 3.63) is 11.9 Å². The largest absolute Gasteiger partial charge is 0.493 e. The van der Waals surface area contributed by atoms with Crippen molar-refractivity contribution in [2.45, 2.75) is 39.8 Å². The van der Waals surface area contributed by atoms with Crippen LogP contribution in [0.5, 0.6) is 5.75 Å². The quantitative estimate of drug-likeness (QED) is 0.798. The molecule has 1 aliphatic carbocycles. The Morgan fingerprint density at radius 2 is 2.19 bits per heavy atom. The summed E-state index contributed by atoms with van der Waals surface area (Å²) in [4.78, 5) is 2.18. The Kier molecular flexibility index (Phi) is 4.94. The molecule has 5 nitrogen and oxygen atoms in total. The molecule has 1 saturated carbocycles. The van der Waals surface area contributed by atoms with Crippen LogP contribution in [0.4, 0.5) is 0 Å². The van der Waals surface area contributed by atoms with Gasteiger partial charge in [0, 0.05) is 6.54 Å². The number of methoxy groups -OCH3 is 1. The predicted molar refractivity (Wildman–Crippen MR) is 85.6 cm³/mol. The van der Waals surface area contributed by atoms with E-state index in [1.807, 2.05) is 6.20 Å². The summed E-state index contributed by atoms with van der Waals surface area (Å²) >= 11 is 0. The molecule has 1 heterocycles. The molecule has 0 aromatic carbocycles. The number of aromatic nitrogens is 2. The Hall–Kier alpha value is -1.07. The maximum atomic E-state index is 5.57. The van der Waals surface area contributed by atoms with Crippen molar-refractivity contribution in [2.75, 3.05) is 34.3 Å². The fourth-order valence-corrected chi connectivity index (χ4v) is 3.05. The fraction of sp³-hybridized carbons (Fsp3) is 0.812. The number of hydrogen-bond donors (Lipinski definition) is 1. The van der Waals surface area contributed by atoms with E-state index >= 15 is 0 Å². The van der Waals surface area contributed by atoms with E-state index in [4.69, 9.17) is 4.74 Å². The van der Waals surface area contributed by atoms with Crippen LogP contribution in [0.1, 0.15) is 38.9 Å². The number of nitrogens with one attached hydrogen (secondary N) is 1. The van der Waals surface area contributed by atoms with Gasteiger partial charge in [-0.2, -0.15) is 5.10 Å². The number of ether oxygens (including phenoxy) is 1. The van der Waals surface area contributed by atoms with Crippen LogP contribution in [0.15, 0.2) is 6.20 Å². The molecule has 0 aliphatic heterocycles. The zero-order chi connectivity index (χ0) is 15.6. The van der Waals surface area contributed by atoms with Crippen molar-refractivity contribution in [1.82, 2.24) is 20.0 Å². The van der Waals surface area contributed by atoms with E-state index in [9.17, 15) is 0 Å². The second kappa shape index (κ2) is 6.36. The van der Waals surface area contributed by atoms with Gasteiger partial charge >= 0.3 is 0 Å². The number of rotatable bonds is 8. The summed E-state index contributed by atoms with van der Waals surface area (Å²) < 4.78 is 7.68. The van der Waals surface area contributed by atoms with Crippen LogP contribution >= 0.6 is 0 Å². The smallest absolute Gasteiger partial charge is 0.161 e. The first-order valence-corrected chi connectivity index (χ1v) is 7.88. The highest BCUT2D eigenvalue weighted by atomic mass is 16.5. The van der Waals surface area contributed by atoms with Crippen LogP contribution in [-0.4, -0.2) is 49.0 Å². The summed E-state index contributed by atoms with van der Waals surface area (Å²) in [5.74, 6) is 1.56. The highest BCUT2D eigenvalue weighted by Gasteiger charge is 2.51. The minimum atomic E-state index is 0.324. The van der Waals surface area contributed by atoms with E-state index in [0.717, 1.165) is 25.4 Å². The van der Waals surface area contributed by atoms with Gasteiger partial charge in [0.1, 0.15) is 0 Å². The summed E-state index contributed by atoms with van der Waals surface area (Å²) in [6.07, 6.45) is 3.11. The number of hydrogen-bond acceptors (Lipinski definition) is 4. The molecular weight excluding hydrogens is 264 g/mol. The van der Waals surface area contributed by atoms with Gasteiger partial charge in [-0.25, -0.2) is 0 Å². The first kappa shape index (κ1) is 16.3. The summed E-state index contributed by atoms with van der Waals surface area (Å²) in [6, 6.07) is 0.324. The third kappa shape index (κ3) is 3.58. The molecule has 2 rings (SSSR count). The molecule has 2 unspecified atom stereocenters. The normalized spacial score (nSPS) is 21.6. The Morgan fingerprint density at radius 3 is 2.67 bits per heavy atom. The van der Waals surface area contributed by atoms with Gasteiger partial charge in [0.25, 0.3) is 0 Å². The Morgan fingerprint density at radius 1 is 1.52 bits per heavy atom. The van der Waals surface area contributed by atoms with Crippen molar-refractivity contribution in [3.8, 4) is 5.75 Å². The van der Waals surface area contributed by atoms with E-state index in [0.29, 0.717) is 17.4 Å². The van der Waals surface area contributed by atoms with Crippen LogP contribution in [0.2, 0.25) is 0 Å². The molecule has 1 aromatic rings. The topological polar surface area (TPSA) is 42.3 Å². The van der Waals surface area contributed by atoms with E-state index in [-0.39, 0.29) is 0 Å². The predicted octanol–water partition coefficient (Wildman–Crippen LogP) is 2.15. The van der Waals surface area contributed by atoms with Gasteiger partial charge < -0.3 is 15.0 Å². The average Bonchev–Trinajstić information content (AvgIpc) is 2.87. The minimum absolute atomic E-state index is 0.324. The van der Waals surface area contributed by atoms with Gasteiger partial charge in [0.15, 0.2) is 5.75 Å². The molecule has 1 aliphatic rings. The maximum Gasteiger partial charge on any atom is 0.161 e. The van der Waals surface area contributed by atoms with Crippen LogP contribution in [0.25, 0.3) is 0 Å². The molecule has 1 N–H and O–H groups in total. The third-order valence-corrected chi connectivity index (χ3v) is 4.53. The van der Waals surface area contributed by atoms with Gasteiger partial charge in [-0.15, -0.1) is 0 Å². The van der Waals surface area contributed by atoms with Crippen LogP contribution in [-0.2, 0) is 6.54 Å². The van der Waals surface area contributed by atoms with Crippen LogP contribution < -0.4 is 10.1 Å². The lowest BCUT2D eigenvalue weighted by molar-refractivity contribution is 0.337. The van der Waals surface area contributed by atoms with Crippen molar-refractivity contribution >= 4 is 0 Å². The van der Waals surface area contributed by atoms with E-state index in [2.05, 4.69) is 54.9 Å². The van der Waals surface area contributed by atoms with E-state index in [1.165, 1.54) is 12.1 Å². The first-order chi connectivity index (χ1) is 9.90. The molecule has 21 heavy (non-hydrogen) atoms. The molecule has 1 aromatic heterocycles. The molecule has 2 atom stereocenters. The zero-order valence-electron chi connectivity index (χ0n) is 14.3. The molecule has 1 fully saturated rings. The lowest BCUT2D eigenvalue weighted by Gasteiger charge is -2.23. The molecule has 5 heteroatoms. The van der Waals surface area contributed by atoms with Gasteiger partial charge in [0.2, 0.25) is 0 Å². The summed E-state index contributed by atoms with van der Waals surface area (Å²) in [6.45, 7) is 9.67. The molecule has 0 saturated heterocycles. The van der Waals surface area contributed by atoms with E-state index < -0.39 is 0 Å². The summed E-state index contributed by atoms with van der Waals surface area (Å²) in [5.41, 5.74) is 1.62. The lowest BCUT2D eigenvalue weighted by Crippen LogP contribution is -2.29. The van der Waals surface area contributed by atoms with Crippen molar-refractivity contribution in [3.63, 3.8) is 0 Å². The Labute approximate surface area is 128 Å². The molecular formula is C16H30N4O. The summed E-state index contributed by atoms with van der Waals surface area (Å²) in [5, 5.41) is 8.20. The summed E-state index contributed by atoms with van der Waals surface area (Å²) in [7, 11) is 5.91. The second-order valence-electron chi connectivity index (χ2n) is 6.96. The highest BCUT2D eigenvalue weighted by molar-refractivity contribution is 5.31. The molecule has 0 amide bonds. The molecule has 0 radical (unpaired) electrons. The van der Waals surface area contributed by atoms with E-state index in [1.54, 1.807) is 7.11 Å². The first-order valence-electron chi connectivity index (χ1n) is 7.88.